The Morgan fingerprint density at radius 3 is 2.70 bits per heavy atom. The molecule has 0 atom stereocenters. The minimum absolute atomic E-state index is 0.0871. The van der Waals surface area contributed by atoms with Gasteiger partial charge in [0.25, 0.3) is 0 Å². The van der Waals surface area contributed by atoms with Crippen molar-refractivity contribution in [1.29, 1.82) is 0 Å². The van der Waals surface area contributed by atoms with Crippen molar-refractivity contribution < 1.29 is 18.2 Å². The zero-order chi connectivity index (χ0) is 19.6. The lowest BCUT2D eigenvalue weighted by molar-refractivity contribution is -0.532. The number of aliphatic hydroxyl groups excluding tert-OH is 1. The van der Waals surface area contributed by atoms with E-state index >= 15 is 0 Å². The maximum atomic E-state index is 11.8. The highest BCUT2D eigenvalue weighted by molar-refractivity contribution is 7.92. The first-order valence-electron chi connectivity index (χ1n) is 8.81. The molecule has 2 aliphatic rings. The summed E-state index contributed by atoms with van der Waals surface area (Å²) in [5.74, 6) is 0.329. The number of sulfonamides is 1. The first-order chi connectivity index (χ1) is 12.8. The van der Waals surface area contributed by atoms with Crippen molar-refractivity contribution in [2.24, 2.45) is 15.8 Å². The Balaban J connectivity index is 2.02. The maximum absolute atomic E-state index is 11.8. The number of amidine groups is 1. The van der Waals surface area contributed by atoms with Gasteiger partial charge in [0.15, 0.2) is 5.71 Å². The first-order valence-corrected chi connectivity index (χ1v) is 10.7. The molecule has 1 aromatic rings. The number of benzene rings is 1. The molecule has 10 heteroatoms. The molecule has 3 rings (SSSR count). The zero-order valence-electron chi connectivity index (χ0n) is 15.5. The molecular formula is C17H25N6O3S+. The standard InChI is InChI=1S/C17H24N6O3S/c1-12-16(17(18)23(20-12)9-10-24)19-14-6-5-13(22-7-3-4-8-22)11-15(14)21-27(2,25)26/h5-6,11,24H,3-4,7-10H2,1-2H3,(H2,18,20,21)/p+1. The van der Waals surface area contributed by atoms with Crippen LogP contribution in [0.5, 0.6) is 0 Å². The molecule has 1 aromatic carbocycles. The average Bonchev–Trinajstić information content (AvgIpc) is 3.20. The molecule has 0 radical (unpaired) electrons. The molecule has 2 heterocycles. The quantitative estimate of drug-likeness (QED) is 0.607. The average molecular weight is 393 g/mol. The number of aliphatic hydroxyl groups is 1. The number of anilines is 2. The minimum atomic E-state index is -3.47. The van der Waals surface area contributed by atoms with Gasteiger partial charge >= 0.3 is 5.84 Å². The Morgan fingerprint density at radius 1 is 1.37 bits per heavy atom. The van der Waals surface area contributed by atoms with E-state index in [-0.39, 0.29) is 13.2 Å². The largest absolute Gasteiger partial charge is 0.392 e. The van der Waals surface area contributed by atoms with Crippen LogP contribution < -0.4 is 15.4 Å². The lowest BCUT2D eigenvalue weighted by Crippen LogP contribution is -2.31. The van der Waals surface area contributed by atoms with Gasteiger partial charge in [0, 0.05) is 18.8 Å². The summed E-state index contributed by atoms with van der Waals surface area (Å²) in [6.07, 6.45) is 3.36. The van der Waals surface area contributed by atoms with Crippen LogP contribution in [0.15, 0.2) is 28.3 Å². The Kier molecular flexibility index (Phi) is 5.47. The van der Waals surface area contributed by atoms with Crippen LogP contribution in [0.4, 0.5) is 17.1 Å². The van der Waals surface area contributed by atoms with Gasteiger partial charge in [0.05, 0.1) is 24.2 Å². The third-order valence-corrected chi connectivity index (χ3v) is 5.02. The Hall–Kier alpha value is -2.46. The number of β-amino-alcohol motifs (C(OH)–C–C–N with tert-alkyl or cyclic N) is 1. The van der Waals surface area contributed by atoms with Gasteiger partial charge in [-0.05, 0) is 38.0 Å². The highest BCUT2D eigenvalue weighted by Gasteiger charge is 2.27. The monoisotopic (exact) mass is 393 g/mol. The van der Waals surface area contributed by atoms with Gasteiger partial charge in [-0.25, -0.2) is 13.4 Å². The van der Waals surface area contributed by atoms with E-state index in [9.17, 15) is 8.42 Å². The Labute approximate surface area is 159 Å². The lowest BCUT2D eigenvalue weighted by atomic mass is 10.2. The van der Waals surface area contributed by atoms with E-state index in [0.717, 1.165) is 37.9 Å². The predicted octanol–water partition coefficient (Wildman–Crippen LogP) is 0.482. The Morgan fingerprint density at radius 2 is 2.07 bits per heavy atom. The zero-order valence-corrected chi connectivity index (χ0v) is 16.3. The molecule has 1 fully saturated rings. The van der Waals surface area contributed by atoms with Crippen LogP contribution in [-0.2, 0) is 10.0 Å². The van der Waals surface area contributed by atoms with Crippen molar-refractivity contribution in [1.82, 2.24) is 0 Å². The molecule has 1 saturated heterocycles. The van der Waals surface area contributed by atoms with Gasteiger partial charge in [0.1, 0.15) is 12.3 Å². The number of hydrazone groups is 1. The van der Waals surface area contributed by atoms with Crippen LogP contribution in [0.3, 0.4) is 0 Å². The van der Waals surface area contributed by atoms with E-state index in [1.807, 2.05) is 6.07 Å². The fourth-order valence-corrected chi connectivity index (χ4v) is 3.75. The number of hydrogen-bond acceptors (Lipinski definition) is 7. The minimum Gasteiger partial charge on any atom is -0.392 e. The fraction of sp³-hybridized carbons (Fsp3) is 0.471. The van der Waals surface area contributed by atoms with Crippen LogP contribution in [0, 0.1) is 0 Å². The number of nitrogens with zero attached hydrogens (tertiary/aromatic N) is 4. The summed E-state index contributed by atoms with van der Waals surface area (Å²) in [6, 6.07) is 5.51. The summed E-state index contributed by atoms with van der Waals surface area (Å²) < 4.78 is 27.7. The summed E-state index contributed by atoms with van der Waals surface area (Å²) in [7, 11) is -3.47. The molecule has 146 valence electrons. The summed E-state index contributed by atoms with van der Waals surface area (Å²) in [4.78, 5) is 6.78. The van der Waals surface area contributed by atoms with Crippen molar-refractivity contribution in [2.45, 2.75) is 19.8 Å². The molecule has 0 aliphatic carbocycles. The molecule has 0 spiro atoms. The SMILES string of the molecule is CC1=N[N+](CCO)=C(N)C1=Nc1ccc(N2CCCC2)cc1NS(C)(=O)=O. The number of nitrogens with two attached hydrogens (primary N) is 1. The highest BCUT2D eigenvalue weighted by atomic mass is 32.2. The molecule has 2 aliphatic heterocycles. The number of hydrogen-bond donors (Lipinski definition) is 3. The van der Waals surface area contributed by atoms with Gasteiger partial charge in [-0.3, -0.25) is 10.5 Å². The summed E-state index contributed by atoms with van der Waals surface area (Å²) in [5.41, 5.74) is 8.98. The van der Waals surface area contributed by atoms with Crippen molar-refractivity contribution in [3.05, 3.63) is 18.2 Å². The molecule has 0 unspecified atom stereocenters. The lowest BCUT2D eigenvalue weighted by Gasteiger charge is -2.19. The van der Waals surface area contributed by atoms with Crippen LogP contribution in [0.2, 0.25) is 0 Å². The summed E-state index contributed by atoms with van der Waals surface area (Å²) in [6.45, 7) is 3.86. The van der Waals surface area contributed by atoms with E-state index in [1.54, 1.807) is 19.1 Å². The normalized spacial score (nSPS) is 19.1. The van der Waals surface area contributed by atoms with Crippen molar-refractivity contribution >= 4 is 44.3 Å². The fourth-order valence-electron chi connectivity index (χ4n) is 3.19. The van der Waals surface area contributed by atoms with Crippen LogP contribution in [-0.4, -0.2) is 68.0 Å². The van der Waals surface area contributed by atoms with Gasteiger partial charge in [-0.1, -0.05) is 5.10 Å². The molecule has 0 aromatic heterocycles. The van der Waals surface area contributed by atoms with Gasteiger partial charge in [0.2, 0.25) is 10.0 Å². The second-order valence-electron chi connectivity index (χ2n) is 6.65. The second kappa shape index (κ2) is 7.65. The molecular weight excluding hydrogens is 368 g/mol. The second-order valence-corrected chi connectivity index (χ2v) is 8.40. The van der Waals surface area contributed by atoms with Crippen LogP contribution in [0.1, 0.15) is 19.8 Å². The summed E-state index contributed by atoms with van der Waals surface area (Å²) >= 11 is 0. The van der Waals surface area contributed by atoms with Gasteiger partial charge in [-0.2, -0.15) is 0 Å². The predicted molar refractivity (Wildman–Crippen MR) is 108 cm³/mol. The van der Waals surface area contributed by atoms with Gasteiger partial charge < -0.3 is 10.0 Å². The van der Waals surface area contributed by atoms with Crippen molar-refractivity contribution in [2.75, 3.05) is 42.1 Å². The highest BCUT2D eigenvalue weighted by Crippen LogP contribution is 2.32. The van der Waals surface area contributed by atoms with E-state index in [4.69, 9.17) is 10.8 Å². The molecule has 0 bridgehead atoms. The van der Waals surface area contributed by atoms with E-state index in [2.05, 4.69) is 19.7 Å². The molecule has 27 heavy (non-hydrogen) atoms. The number of nitrogens with one attached hydrogen (secondary N) is 1. The molecule has 4 N–H and O–H groups in total. The van der Waals surface area contributed by atoms with Gasteiger partial charge in [-0.15, -0.1) is 4.68 Å². The molecule has 0 saturated carbocycles. The molecule has 0 amide bonds. The number of aliphatic imine (C=N–C) groups is 1. The van der Waals surface area contributed by atoms with E-state index < -0.39 is 10.0 Å². The van der Waals surface area contributed by atoms with Crippen LogP contribution in [0.25, 0.3) is 0 Å². The topological polar surface area (TPSA) is 123 Å². The third-order valence-electron chi connectivity index (χ3n) is 4.42. The maximum Gasteiger partial charge on any atom is 0.321 e. The Bertz CT molecular complexity index is 930. The van der Waals surface area contributed by atoms with Crippen molar-refractivity contribution in [3.8, 4) is 0 Å². The van der Waals surface area contributed by atoms with E-state index in [1.165, 1.54) is 4.68 Å². The van der Waals surface area contributed by atoms with Crippen molar-refractivity contribution in [3.63, 3.8) is 0 Å². The number of rotatable bonds is 6. The third kappa shape index (κ3) is 4.45. The first kappa shape index (κ1) is 19.3. The smallest absolute Gasteiger partial charge is 0.321 e. The van der Waals surface area contributed by atoms with Crippen LogP contribution >= 0.6 is 0 Å². The summed E-state index contributed by atoms with van der Waals surface area (Å²) in [5, 5.41) is 13.4. The molecule has 9 nitrogen and oxygen atoms in total. The van der Waals surface area contributed by atoms with E-state index in [0.29, 0.717) is 28.6 Å².